The fourth-order valence-electron chi connectivity index (χ4n) is 3.74. The number of benzene rings is 1. The van der Waals surface area contributed by atoms with Crippen LogP contribution < -0.4 is 0 Å². The van der Waals surface area contributed by atoms with Crippen molar-refractivity contribution < 1.29 is 13.2 Å². The van der Waals surface area contributed by atoms with Gasteiger partial charge in [-0.25, -0.2) is 38.1 Å². The van der Waals surface area contributed by atoms with E-state index >= 15 is 0 Å². The first kappa shape index (κ1) is 22.8. The van der Waals surface area contributed by atoms with Crippen LogP contribution in [0.25, 0.3) is 0 Å². The minimum absolute atomic E-state index is 0.107. The van der Waals surface area contributed by atoms with E-state index in [0.717, 1.165) is 6.07 Å². The highest BCUT2D eigenvalue weighted by atomic mass is 35.5. The standard InChI is InChI=1S/C22H19ClF3N7/c1-12(16(7-33-11-27-8-32-33)15-4-3-14(24)5-17(15)25)18-6-19(29-9-28-18)13(2)21-20(26)22(23)31-10-30-21/h3-6,8-13,16H,7H2,1-2H3. The topological polar surface area (TPSA) is 82.3 Å². The lowest BCUT2D eigenvalue weighted by Crippen LogP contribution is -2.19. The Hall–Kier alpha value is -3.40. The third kappa shape index (κ3) is 4.85. The normalized spacial score (nSPS) is 14.1. The molecule has 7 nitrogen and oxygen atoms in total. The van der Waals surface area contributed by atoms with E-state index in [-0.39, 0.29) is 23.3 Å². The van der Waals surface area contributed by atoms with Gasteiger partial charge >= 0.3 is 0 Å². The molecule has 0 amide bonds. The zero-order valence-electron chi connectivity index (χ0n) is 17.7. The largest absolute Gasteiger partial charge is 0.252 e. The van der Waals surface area contributed by atoms with Gasteiger partial charge in [0, 0.05) is 29.5 Å². The van der Waals surface area contributed by atoms with Crippen LogP contribution in [0.5, 0.6) is 0 Å². The van der Waals surface area contributed by atoms with Crippen LogP contribution >= 0.6 is 11.6 Å². The van der Waals surface area contributed by atoms with Crippen LogP contribution in [0.1, 0.15) is 54.2 Å². The molecule has 0 aliphatic rings. The van der Waals surface area contributed by atoms with Gasteiger partial charge in [-0.1, -0.05) is 31.5 Å². The predicted octanol–water partition coefficient (Wildman–Crippen LogP) is 4.67. The molecule has 0 saturated carbocycles. The zero-order chi connectivity index (χ0) is 23.5. The Labute approximate surface area is 192 Å². The molecule has 11 heteroatoms. The highest BCUT2D eigenvalue weighted by Gasteiger charge is 2.27. The summed E-state index contributed by atoms with van der Waals surface area (Å²) in [6, 6.07) is 5.21. The molecule has 0 spiro atoms. The van der Waals surface area contributed by atoms with Crippen LogP contribution in [-0.2, 0) is 6.54 Å². The summed E-state index contributed by atoms with van der Waals surface area (Å²) in [7, 11) is 0. The number of halogens is 4. The van der Waals surface area contributed by atoms with Gasteiger partial charge in [0.1, 0.15) is 36.9 Å². The SMILES string of the molecule is CC(c1cc(C(C)C(Cn2cncn2)c2ccc(F)cc2F)ncn1)c1ncnc(Cl)c1F. The van der Waals surface area contributed by atoms with Crippen molar-refractivity contribution in [2.24, 2.45) is 0 Å². The van der Waals surface area contributed by atoms with Crippen LogP contribution in [0.15, 0.2) is 49.6 Å². The molecule has 0 aliphatic heterocycles. The van der Waals surface area contributed by atoms with Crippen molar-refractivity contribution in [3.8, 4) is 0 Å². The molecule has 0 radical (unpaired) electrons. The third-order valence-electron chi connectivity index (χ3n) is 5.62. The lowest BCUT2D eigenvalue weighted by atomic mass is 9.84. The lowest BCUT2D eigenvalue weighted by Gasteiger charge is -2.25. The molecule has 0 N–H and O–H groups in total. The minimum atomic E-state index is -0.711. The van der Waals surface area contributed by atoms with E-state index in [1.54, 1.807) is 17.7 Å². The smallest absolute Gasteiger partial charge is 0.182 e. The molecule has 0 bridgehead atoms. The second-order valence-electron chi connectivity index (χ2n) is 7.63. The molecule has 170 valence electrons. The van der Waals surface area contributed by atoms with Crippen molar-refractivity contribution in [1.82, 2.24) is 34.7 Å². The average molecular weight is 474 g/mol. The quantitative estimate of drug-likeness (QED) is 0.363. The molecule has 3 atom stereocenters. The Kier molecular flexibility index (Phi) is 6.64. The first-order valence-electron chi connectivity index (χ1n) is 10.1. The summed E-state index contributed by atoms with van der Waals surface area (Å²) >= 11 is 5.80. The summed E-state index contributed by atoms with van der Waals surface area (Å²) in [5.41, 5.74) is 1.54. The number of hydrogen-bond acceptors (Lipinski definition) is 6. The van der Waals surface area contributed by atoms with E-state index in [1.807, 2.05) is 6.92 Å². The average Bonchev–Trinajstić information content (AvgIpc) is 3.32. The van der Waals surface area contributed by atoms with Crippen molar-refractivity contribution in [2.45, 2.75) is 38.1 Å². The fraction of sp³-hybridized carbons (Fsp3) is 0.273. The van der Waals surface area contributed by atoms with Crippen LogP contribution in [0, 0.1) is 17.5 Å². The van der Waals surface area contributed by atoms with Crippen molar-refractivity contribution >= 4 is 11.6 Å². The second-order valence-corrected chi connectivity index (χ2v) is 7.99. The molecular formula is C22H19ClF3N7. The van der Waals surface area contributed by atoms with Gasteiger partial charge in [0.05, 0.1) is 17.9 Å². The molecule has 1 aromatic carbocycles. The van der Waals surface area contributed by atoms with Gasteiger partial charge in [-0.3, -0.25) is 4.68 Å². The van der Waals surface area contributed by atoms with E-state index in [1.165, 1.54) is 37.4 Å². The zero-order valence-corrected chi connectivity index (χ0v) is 18.5. The number of rotatable bonds is 7. The van der Waals surface area contributed by atoms with Crippen LogP contribution in [0.4, 0.5) is 13.2 Å². The number of aromatic nitrogens is 7. The number of nitrogens with zero attached hydrogens (tertiary/aromatic N) is 7. The maximum atomic E-state index is 14.7. The molecule has 33 heavy (non-hydrogen) atoms. The van der Waals surface area contributed by atoms with E-state index in [2.05, 4.69) is 30.0 Å². The maximum Gasteiger partial charge on any atom is 0.182 e. The van der Waals surface area contributed by atoms with Gasteiger partial charge < -0.3 is 0 Å². The van der Waals surface area contributed by atoms with Gasteiger partial charge in [-0.05, 0) is 17.7 Å². The number of hydrogen-bond donors (Lipinski definition) is 0. The summed E-state index contributed by atoms with van der Waals surface area (Å²) in [6.45, 7) is 3.91. The molecule has 0 aliphatic carbocycles. The van der Waals surface area contributed by atoms with Crippen molar-refractivity contribution in [3.05, 3.63) is 94.8 Å². The van der Waals surface area contributed by atoms with Crippen LogP contribution in [-0.4, -0.2) is 34.7 Å². The van der Waals surface area contributed by atoms with E-state index in [0.29, 0.717) is 17.0 Å². The first-order valence-corrected chi connectivity index (χ1v) is 10.5. The summed E-state index contributed by atoms with van der Waals surface area (Å²) < 4.78 is 44.3. The second kappa shape index (κ2) is 9.62. The molecule has 3 heterocycles. The van der Waals surface area contributed by atoms with Crippen molar-refractivity contribution in [1.29, 1.82) is 0 Å². The minimum Gasteiger partial charge on any atom is -0.252 e. The molecule has 3 unspecified atom stereocenters. The maximum absolute atomic E-state index is 14.7. The summed E-state index contributed by atoms with van der Waals surface area (Å²) in [6.07, 6.45) is 5.46. The summed E-state index contributed by atoms with van der Waals surface area (Å²) in [5, 5.41) is 3.85. The van der Waals surface area contributed by atoms with Gasteiger partial charge in [-0.15, -0.1) is 0 Å². The molecule has 0 saturated heterocycles. The molecule has 3 aromatic heterocycles. The highest BCUT2D eigenvalue weighted by molar-refractivity contribution is 6.29. The van der Waals surface area contributed by atoms with Gasteiger partial charge in [0.25, 0.3) is 0 Å². The molecule has 4 aromatic rings. The summed E-state index contributed by atoms with van der Waals surface area (Å²) in [4.78, 5) is 20.2. The molecule has 4 rings (SSSR count). The van der Waals surface area contributed by atoms with Gasteiger partial charge in [0.2, 0.25) is 0 Å². The lowest BCUT2D eigenvalue weighted by molar-refractivity contribution is 0.436. The van der Waals surface area contributed by atoms with Crippen LogP contribution in [0.2, 0.25) is 5.15 Å². The Morgan fingerprint density at radius 1 is 0.939 bits per heavy atom. The Balaban J connectivity index is 1.70. The van der Waals surface area contributed by atoms with Crippen molar-refractivity contribution in [3.63, 3.8) is 0 Å². The first-order chi connectivity index (χ1) is 15.8. The Morgan fingerprint density at radius 3 is 2.42 bits per heavy atom. The fourth-order valence-corrected chi connectivity index (χ4v) is 3.88. The predicted molar refractivity (Wildman–Crippen MR) is 114 cm³/mol. The van der Waals surface area contributed by atoms with E-state index in [9.17, 15) is 13.2 Å². The van der Waals surface area contributed by atoms with Gasteiger partial charge in [-0.2, -0.15) is 5.10 Å². The monoisotopic (exact) mass is 473 g/mol. The van der Waals surface area contributed by atoms with E-state index < -0.39 is 29.3 Å². The van der Waals surface area contributed by atoms with Gasteiger partial charge in [0.15, 0.2) is 11.0 Å². The van der Waals surface area contributed by atoms with Crippen LogP contribution in [0.3, 0.4) is 0 Å². The highest BCUT2D eigenvalue weighted by Crippen LogP contribution is 2.36. The molecule has 0 fully saturated rings. The van der Waals surface area contributed by atoms with E-state index in [4.69, 9.17) is 11.6 Å². The molecular weight excluding hydrogens is 455 g/mol. The summed E-state index contributed by atoms with van der Waals surface area (Å²) in [5.74, 6) is -3.34. The van der Waals surface area contributed by atoms with Crippen molar-refractivity contribution in [2.75, 3.05) is 0 Å². The Morgan fingerprint density at radius 2 is 1.70 bits per heavy atom. The Bertz CT molecular complexity index is 1250. The third-order valence-corrected chi connectivity index (χ3v) is 5.88.